The van der Waals surface area contributed by atoms with Crippen LogP contribution in [0.25, 0.3) is 11.4 Å². The van der Waals surface area contributed by atoms with Crippen LogP contribution in [0.15, 0.2) is 41.8 Å². The number of aromatic nitrogens is 5. The number of rotatable bonds is 6. The summed E-state index contributed by atoms with van der Waals surface area (Å²) < 4.78 is 26.8. The van der Waals surface area contributed by atoms with Crippen LogP contribution < -0.4 is 0 Å². The Balaban J connectivity index is 1.54. The van der Waals surface area contributed by atoms with Crippen LogP contribution in [0.3, 0.4) is 0 Å². The van der Waals surface area contributed by atoms with Crippen LogP contribution in [0.1, 0.15) is 42.6 Å². The first-order valence-electron chi connectivity index (χ1n) is 10.6. The first kappa shape index (κ1) is 21.6. The SMILES string of the molecule is CCn1cc(CN2CCC(c3nc(-c4cccnc4)ncc3S(C)(=O)=O)CC2)c(C)n1. The minimum absolute atomic E-state index is 0.0823. The lowest BCUT2D eigenvalue weighted by molar-refractivity contribution is 0.202. The molecule has 9 heteroatoms. The number of nitrogens with zero attached hydrogens (tertiary/aromatic N) is 6. The van der Waals surface area contributed by atoms with Crippen molar-refractivity contribution in [3.8, 4) is 11.4 Å². The van der Waals surface area contributed by atoms with Gasteiger partial charge in [-0.15, -0.1) is 0 Å². The van der Waals surface area contributed by atoms with Crippen LogP contribution in [-0.4, -0.2) is 57.4 Å². The predicted octanol–water partition coefficient (Wildman–Crippen LogP) is 2.85. The lowest BCUT2D eigenvalue weighted by atomic mass is 9.93. The van der Waals surface area contributed by atoms with Gasteiger partial charge in [-0.05, 0) is 51.9 Å². The summed E-state index contributed by atoms with van der Waals surface area (Å²) in [7, 11) is -3.41. The van der Waals surface area contributed by atoms with E-state index in [1.807, 2.05) is 23.7 Å². The molecule has 0 aromatic carbocycles. The van der Waals surface area contributed by atoms with Crippen molar-refractivity contribution in [3.05, 3.63) is 53.9 Å². The van der Waals surface area contributed by atoms with E-state index in [1.54, 1.807) is 12.4 Å². The summed E-state index contributed by atoms with van der Waals surface area (Å²) in [5.74, 6) is 0.597. The van der Waals surface area contributed by atoms with Crippen LogP contribution in [-0.2, 0) is 22.9 Å². The average Bonchev–Trinajstić information content (AvgIpc) is 3.13. The van der Waals surface area contributed by atoms with Crippen LogP contribution in [0.4, 0.5) is 0 Å². The number of sulfone groups is 1. The fraction of sp³-hybridized carbons (Fsp3) is 0.455. The third-order valence-electron chi connectivity index (χ3n) is 5.84. The van der Waals surface area contributed by atoms with E-state index in [0.717, 1.165) is 50.3 Å². The third-order valence-corrected chi connectivity index (χ3v) is 6.96. The van der Waals surface area contributed by atoms with Crippen molar-refractivity contribution < 1.29 is 8.42 Å². The van der Waals surface area contributed by atoms with Crippen LogP contribution in [0.5, 0.6) is 0 Å². The number of likely N-dealkylation sites (tertiary alicyclic amines) is 1. The van der Waals surface area contributed by atoms with Gasteiger partial charge in [0.05, 0.1) is 11.4 Å². The molecule has 8 nitrogen and oxygen atoms in total. The van der Waals surface area contributed by atoms with Gasteiger partial charge in [0.1, 0.15) is 4.90 Å². The Morgan fingerprint density at radius 1 is 1.19 bits per heavy atom. The highest BCUT2D eigenvalue weighted by atomic mass is 32.2. The van der Waals surface area contributed by atoms with E-state index in [2.05, 4.69) is 33.1 Å². The van der Waals surface area contributed by atoms with Gasteiger partial charge in [-0.2, -0.15) is 5.10 Å². The number of hydrogen-bond donors (Lipinski definition) is 0. The monoisotopic (exact) mass is 440 g/mol. The molecule has 0 unspecified atom stereocenters. The van der Waals surface area contributed by atoms with Crippen molar-refractivity contribution in [2.24, 2.45) is 0 Å². The van der Waals surface area contributed by atoms with E-state index in [0.29, 0.717) is 11.5 Å². The van der Waals surface area contributed by atoms with Gasteiger partial charge in [-0.3, -0.25) is 14.6 Å². The molecule has 1 aliphatic heterocycles. The minimum Gasteiger partial charge on any atom is -0.299 e. The summed E-state index contributed by atoms with van der Waals surface area (Å²) in [5.41, 5.74) is 3.73. The Morgan fingerprint density at radius 3 is 2.58 bits per heavy atom. The Morgan fingerprint density at radius 2 is 1.97 bits per heavy atom. The quantitative estimate of drug-likeness (QED) is 0.582. The van der Waals surface area contributed by atoms with Gasteiger partial charge in [0, 0.05) is 61.2 Å². The van der Waals surface area contributed by atoms with E-state index < -0.39 is 9.84 Å². The molecule has 3 aromatic heterocycles. The maximum absolute atomic E-state index is 12.4. The largest absolute Gasteiger partial charge is 0.299 e. The standard InChI is InChI=1S/C22H28N6O2S/c1-4-28-15-19(16(2)26-28)14-27-10-7-17(8-11-27)21-20(31(3,29)30)13-24-22(25-21)18-6-5-9-23-12-18/h5-6,9,12-13,15,17H,4,7-8,10-11,14H2,1-3H3. The molecule has 0 saturated carbocycles. The van der Waals surface area contributed by atoms with Crippen molar-refractivity contribution in [2.45, 2.75) is 50.6 Å². The fourth-order valence-corrected chi connectivity index (χ4v) is 4.91. The number of hydrogen-bond acceptors (Lipinski definition) is 7. The second kappa shape index (κ2) is 8.84. The molecular formula is C22H28N6O2S. The summed E-state index contributed by atoms with van der Waals surface area (Å²) in [6.45, 7) is 7.64. The second-order valence-corrected chi connectivity index (χ2v) is 10.1. The van der Waals surface area contributed by atoms with E-state index in [1.165, 1.54) is 18.0 Å². The Hall–Kier alpha value is -2.65. The van der Waals surface area contributed by atoms with Crippen molar-refractivity contribution in [1.82, 2.24) is 29.6 Å². The number of aryl methyl sites for hydroxylation is 2. The normalized spacial score (nSPS) is 16.0. The number of piperidine rings is 1. The molecule has 0 aliphatic carbocycles. The highest BCUT2D eigenvalue weighted by Gasteiger charge is 2.28. The fourth-order valence-electron chi connectivity index (χ4n) is 4.08. The molecule has 0 amide bonds. The molecule has 1 aliphatic rings. The molecular weight excluding hydrogens is 412 g/mol. The molecule has 3 aromatic rings. The summed E-state index contributed by atoms with van der Waals surface area (Å²) in [6.07, 6.45) is 9.89. The molecule has 0 bridgehead atoms. The van der Waals surface area contributed by atoms with Gasteiger partial charge in [-0.1, -0.05) is 0 Å². The number of pyridine rings is 1. The van der Waals surface area contributed by atoms with Gasteiger partial charge in [0.25, 0.3) is 0 Å². The average molecular weight is 441 g/mol. The van der Waals surface area contributed by atoms with Crippen LogP contribution >= 0.6 is 0 Å². The molecule has 0 spiro atoms. The summed E-state index contributed by atoms with van der Waals surface area (Å²) in [5, 5.41) is 4.54. The summed E-state index contributed by atoms with van der Waals surface area (Å²) in [4.78, 5) is 15.8. The Labute approximate surface area is 183 Å². The van der Waals surface area contributed by atoms with Crippen LogP contribution in [0, 0.1) is 6.92 Å². The van der Waals surface area contributed by atoms with Gasteiger partial charge in [0.15, 0.2) is 15.7 Å². The molecule has 1 saturated heterocycles. The topological polar surface area (TPSA) is 93.9 Å². The molecule has 164 valence electrons. The lowest BCUT2D eigenvalue weighted by Crippen LogP contribution is -2.33. The van der Waals surface area contributed by atoms with Gasteiger partial charge >= 0.3 is 0 Å². The zero-order valence-electron chi connectivity index (χ0n) is 18.2. The zero-order chi connectivity index (χ0) is 22.0. The van der Waals surface area contributed by atoms with Crippen molar-refractivity contribution in [2.75, 3.05) is 19.3 Å². The molecule has 0 radical (unpaired) electrons. The van der Waals surface area contributed by atoms with Gasteiger partial charge < -0.3 is 0 Å². The predicted molar refractivity (Wildman–Crippen MR) is 118 cm³/mol. The lowest BCUT2D eigenvalue weighted by Gasteiger charge is -2.32. The highest BCUT2D eigenvalue weighted by molar-refractivity contribution is 7.90. The molecule has 0 atom stereocenters. The summed E-state index contributed by atoms with van der Waals surface area (Å²) >= 11 is 0. The maximum atomic E-state index is 12.4. The second-order valence-electron chi connectivity index (χ2n) is 8.10. The smallest absolute Gasteiger partial charge is 0.178 e. The van der Waals surface area contributed by atoms with E-state index in [-0.39, 0.29) is 10.8 Å². The molecule has 4 rings (SSSR count). The molecule has 1 fully saturated rings. The van der Waals surface area contributed by atoms with E-state index in [4.69, 9.17) is 4.98 Å². The first-order chi connectivity index (χ1) is 14.8. The Bertz CT molecular complexity index is 1150. The highest BCUT2D eigenvalue weighted by Crippen LogP contribution is 2.32. The van der Waals surface area contributed by atoms with Crippen molar-refractivity contribution >= 4 is 9.84 Å². The minimum atomic E-state index is -3.41. The van der Waals surface area contributed by atoms with Gasteiger partial charge in [0.2, 0.25) is 0 Å². The Kier molecular flexibility index (Phi) is 6.15. The van der Waals surface area contributed by atoms with Crippen LogP contribution in [0.2, 0.25) is 0 Å². The van der Waals surface area contributed by atoms with E-state index >= 15 is 0 Å². The van der Waals surface area contributed by atoms with Crippen molar-refractivity contribution in [1.29, 1.82) is 0 Å². The summed E-state index contributed by atoms with van der Waals surface area (Å²) in [6, 6.07) is 3.71. The molecule has 31 heavy (non-hydrogen) atoms. The van der Waals surface area contributed by atoms with Crippen molar-refractivity contribution in [3.63, 3.8) is 0 Å². The maximum Gasteiger partial charge on any atom is 0.178 e. The molecule has 0 N–H and O–H groups in total. The third kappa shape index (κ3) is 4.83. The molecule has 4 heterocycles. The zero-order valence-corrected chi connectivity index (χ0v) is 19.0. The first-order valence-corrected chi connectivity index (χ1v) is 12.5. The van der Waals surface area contributed by atoms with E-state index in [9.17, 15) is 8.42 Å². The van der Waals surface area contributed by atoms with Gasteiger partial charge in [-0.25, -0.2) is 18.4 Å².